The van der Waals surface area contributed by atoms with E-state index in [4.69, 9.17) is 0 Å². The molecule has 0 fully saturated rings. The van der Waals surface area contributed by atoms with E-state index >= 15 is 0 Å². The molecular formula is C12H19N5. The van der Waals surface area contributed by atoms with Crippen molar-refractivity contribution in [2.45, 2.75) is 33.7 Å². The van der Waals surface area contributed by atoms with E-state index in [1.807, 2.05) is 0 Å². The van der Waals surface area contributed by atoms with Crippen LogP contribution in [0.4, 0.5) is 0 Å². The molecule has 1 unspecified atom stereocenters. The van der Waals surface area contributed by atoms with Crippen molar-refractivity contribution in [3.05, 3.63) is 0 Å². The summed E-state index contributed by atoms with van der Waals surface area (Å²) in [6.07, 6.45) is 1.59. The van der Waals surface area contributed by atoms with Crippen molar-refractivity contribution in [1.29, 1.82) is 0 Å². The van der Waals surface area contributed by atoms with Crippen LogP contribution in [0.1, 0.15) is 27.7 Å². The summed E-state index contributed by atoms with van der Waals surface area (Å²) in [6.45, 7) is 10.3. The van der Waals surface area contributed by atoms with Crippen molar-refractivity contribution < 1.29 is 0 Å². The van der Waals surface area contributed by atoms with Crippen molar-refractivity contribution in [2.24, 2.45) is 25.9 Å². The Morgan fingerprint density at radius 1 is 1.24 bits per heavy atom. The van der Waals surface area contributed by atoms with Gasteiger partial charge >= 0.3 is 0 Å². The van der Waals surface area contributed by atoms with Crippen molar-refractivity contribution in [1.82, 2.24) is 4.90 Å². The van der Waals surface area contributed by atoms with E-state index in [9.17, 15) is 0 Å². The lowest BCUT2D eigenvalue weighted by atomic mass is 10.1. The molecule has 0 saturated heterocycles. The van der Waals surface area contributed by atoms with Gasteiger partial charge in [0.15, 0.2) is 11.9 Å². The van der Waals surface area contributed by atoms with Crippen LogP contribution in [-0.2, 0) is 0 Å². The zero-order valence-electron chi connectivity index (χ0n) is 10.9. The van der Waals surface area contributed by atoms with Crippen molar-refractivity contribution in [3.8, 4) is 0 Å². The van der Waals surface area contributed by atoms with Crippen LogP contribution in [0.2, 0.25) is 0 Å². The molecule has 1 atom stereocenters. The van der Waals surface area contributed by atoms with Gasteiger partial charge < -0.3 is 4.90 Å². The van der Waals surface area contributed by atoms with Crippen molar-refractivity contribution in [2.75, 3.05) is 13.1 Å². The number of fused-ring (bicyclic) bond motifs is 1. The highest BCUT2D eigenvalue weighted by molar-refractivity contribution is 6.23. The number of nitrogens with zero attached hydrogens (tertiary/aromatic N) is 5. The van der Waals surface area contributed by atoms with Crippen LogP contribution >= 0.6 is 0 Å². The lowest BCUT2D eigenvalue weighted by molar-refractivity contribution is 0.455. The number of amidine groups is 3. The highest BCUT2D eigenvalue weighted by Crippen LogP contribution is 2.17. The molecule has 5 heteroatoms. The Kier molecular flexibility index (Phi) is 3.36. The minimum absolute atomic E-state index is 0.0857. The molecule has 92 valence electrons. The van der Waals surface area contributed by atoms with Gasteiger partial charge in [-0.25, -0.2) is 15.0 Å². The number of hydrogen-bond acceptors (Lipinski definition) is 5. The van der Waals surface area contributed by atoms with E-state index in [0.29, 0.717) is 5.92 Å². The van der Waals surface area contributed by atoms with Crippen molar-refractivity contribution in [3.63, 3.8) is 0 Å². The molecule has 17 heavy (non-hydrogen) atoms. The predicted octanol–water partition coefficient (Wildman–Crippen LogP) is 1.60. The second-order valence-corrected chi connectivity index (χ2v) is 4.42. The molecule has 0 spiro atoms. The third kappa shape index (κ3) is 2.14. The second kappa shape index (κ2) is 4.77. The highest BCUT2D eigenvalue weighted by Gasteiger charge is 2.31. The molecule has 0 aromatic carbocycles. The number of likely N-dealkylation sites (N-methyl/N-ethyl adjacent to an activating group) is 1. The van der Waals surface area contributed by atoms with Crippen LogP contribution in [0.15, 0.2) is 20.0 Å². The Bertz CT molecular complexity index is 413. The van der Waals surface area contributed by atoms with Crippen LogP contribution in [0.25, 0.3) is 0 Å². The standard InChI is InChI=1S/C12H19N5/c1-5-17(6-2)12-9-11(14-7-13-9)15-10(16-12)8(3)4/h7-9H,5-6H2,1-4H3. The summed E-state index contributed by atoms with van der Waals surface area (Å²) < 4.78 is 0. The fourth-order valence-electron chi connectivity index (χ4n) is 1.94. The quantitative estimate of drug-likeness (QED) is 0.730. The first kappa shape index (κ1) is 12.0. The summed E-state index contributed by atoms with van der Waals surface area (Å²) >= 11 is 0. The third-order valence-electron chi connectivity index (χ3n) is 2.96. The molecule has 0 aliphatic carbocycles. The summed E-state index contributed by atoms with van der Waals surface area (Å²) in [5, 5.41) is 0. The molecule has 0 saturated carbocycles. The monoisotopic (exact) mass is 233 g/mol. The predicted molar refractivity (Wildman–Crippen MR) is 72.3 cm³/mol. The van der Waals surface area contributed by atoms with Gasteiger partial charge in [-0.05, 0) is 13.8 Å². The minimum atomic E-state index is -0.0857. The first-order chi connectivity index (χ1) is 8.17. The number of rotatable bonds is 3. The minimum Gasteiger partial charge on any atom is -0.358 e. The van der Waals surface area contributed by atoms with E-state index < -0.39 is 0 Å². The Morgan fingerprint density at radius 2 is 1.94 bits per heavy atom. The highest BCUT2D eigenvalue weighted by atomic mass is 15.3. The van der Waals surface area contributed by atoms with Gasteiger partial charge in [0, 0.05) is 19.0 Å². The number of aliphatic imine (C=N–C) groups is 4. The van der Waals surface area contributed by atoms with E-state index in [1.54, 1.807) is 6.34 Å². The lowest BCUT2D eigenvalue weighted by Gasteiger charge is -2.28. The SMILES string of the molecule is CCN(CC)C1=NC(C(C)C)=NC2=NC=NC21. The Hall–Kier alpha value is -1.52. The van der Waals surface area contributed by atoms with E-state index in [1.165, 1.54) is 0 Å². The average Bonchev–Trinajstić information content (AvgIpc) is 2.78. The summed E-state index contributed by atoms with van der Waals surface area (Å²) in [5.41, 5.74) is 0. The molecule has 0 radical (unpaired) electrons. The normalized spacial score (nSPS) is 22.2. The topological polar surface area (TPSA) is 52.7 Å². The zero-order valence-corrected chi connectivity index (χ0v) is 10.9. The van der Waals surface area contributed by atoms with Gasteiger partial charge in [-0.2, -0.15) is 0 Å². The molecule has 0 bridgehead atoms. The second-order valence-electron chi connectivity index (χ2n) is 4.42. The maximum absolute atomic E-state index is 4.66. The van der Waals surface area contributed by atoms with Crippen LogP contribution in [0.5, 0.6) is 0 Å². The maximum Gasteiger partial charge on any atom is 0.169 e. The van der Waals surface area contributed by atoms with E-state index in [2.05, 4.69) is 52.6 Å². The summed E-state index contributed by atoms with van der Waals surface area (Å²) in [5.74, 6) is 2.93. The number of hydrogen-bond donors (Lipinski definition) is 0. The smallest absolute Gasteiger partial charge is 0.169 e. The molecule has 5 nitrogen and oxygen atoms in total. The summed E-state index contributed by atoms with van der Waals surface area (Å²) in [6, 6.07) is -0.0857. The average molecular weight is 233 g/mol. The largest absolute Gasteiger partial charge is 0.358 e. The fraction of sp³-hybridized carbons (Fsp3) is 0.667. The van der Waals surface area contributed by atoms with Gasteiger partial charge in [0.05, 0.1) is 0 Å². The first-order valence-electron chi connectivity index (χ1n) is 6.18. The first-order valence-corrected chi connectivity index (χ1v) is 6.18. The van der Waals surface area contributed by atoms with E-state index in [-0.39, 0.29) is 6.04 Å². The molecule has 2 aliphatic rings. The van der Waals surface area contributed by atoms with Crippen molar-refractivity contribution >= 4 is 23.8 Å². The van der Waals surface area contributed by atoms with Crippen LogP contribution < -0.4 is 0 Å². The van der Waals surface area contributed by atoms with Gasteiger partial charge in [-0.1, -0.05) is 13.8 Å². The summed E-state index contributed by atoms with van der Waals surface area (Å²) in [7, 11) is 0. The van der Waals surface area contributed by atoms with Gasteiger partial charge in [0.1, 0.15) is 18.0 Å². The fourth-order valence-corrected chi connectivity index (χ4v) is 1.94. The molecule has 2 heterocycles. The molecule has 0 amide bonds. The van der Waals surface area contributed by atoms with Gasteiger partial charge in [0.2, 0.25) is 0 Å². The Morgan fingerprint density at radius 3 is 2.53 bits per heavy atom. The van der Waals surface area contributed by atoms with Gasteiger partial charge in [-0.15, -0.1) is 0 Å². The maximum atomic E-state index is 4.66. The molecule has 0 aromatic rings. The third-order valence-corrected chi connectivity index (χ3v) is 2.96. The van der Waals surface area contributed by atoms with Gasteiger partial charge in [0.25, 0.3) is 0 Å². The van der Waals surface area contributed by atoms with Crippen LogP contribution in [-0.4, -0.2) is 47.9 Å². The van der Waals surface area contributed by atoms with E-state index in [0.717, 1.165) is 30.6 Å². The lowest BCUT2D eigenvalue weighted by Crippen LogP contribution is -2.44. The van der Waals surface area contributed by atoms with Crippen LogP contribution in [0.3, 0.4) is 0 Å². The van der Waals surface area contributed by atoms with Crippen LogP contribution in [0, 0.1) is 5.92 Å². The summed E-state index contributed by atoms with van der Waals surface area (Å²) in [4.78, 5) is 19.9. The molecule has 0 aromatic heterocycles. The zero-order chi connectivity index (χ0) is 12.4. The van der Waals surface area contributed by atoms with Gasteiger partial charge in [-0.3, -0.25) is 4.99 Å². The Labute approximate surface area is 102 Å². The Balaban J connectivity index is 2.37. The molecule has 2 rings (SSSR count). The molecular weight excluding hydrogens is 214 g/mol. The molecule has 0 N–H and O–H groups in total. The molecule has 2 aliphatic heterocycles.